The van der Waals surface area contributed by atoms with Gasteiger partial charge in [0.25, 0.3) is 0 Å². The first-order chi connectivity index (χ1) is 15.7. The Labute approximate surface area is 192 Å². The van der Waals surface area contributed by atoms with E-state index < -0.39 is 23.9 Å². The highest BCUT2D eigenvalue weighted by Gasteiger charge is 2.23. The SMILES string of the molecule is O=C(O)C(=O)O.O=C(O)C(=O)O.c1ccc(CN2CCC(OCCN3CCCCC3)C2)cc1. The Hall–Kier alpha value is -3.02. The fourth-order valence-electron chi connectivity index (χ4n) is 3.45. The van der Waals surface area contributed by atoms with Gasteiger partial charge in [-0.25, -0.2) is 19.2 Å². The average Bonchev–Trinajstić information content (AvgIpc) is 3.23. The Kier molecular flexibility index (Phi) is 13.4. The standard InChI is InChI=1S/C18H28N2O.2C2H2O4/c1-3-7-17(8-4-1)15-20-12-9-18(16-20)21-14-13-19-10-5-2-6-11-19;2*3-1(4)2(5)6/h1,3-4,7-8,18H,2,5-6,9-16H2;2*(H,3,4)(H,5,6). The van der Waals surface area contributed by atoms with Gasteiger partial charge in [-0.1, -0.05) is 36.8 Å². The molecule has 0 spiro atoms. The van der Waals surface area contributed by atoms with Crippen LogP contribution in [-0.2, 0) is 30.5 Å². The van der Waals surface area contributed by atoms with Crippen LogP contribution in [0.15, 0.2) is 30.3 Å². The van der Waals surface area contributed by atoms with Gasteiger partial charge in [0.15, 0.2) is 0 Å². The summed E-state index contributed by atoms with van der Waals surface area (Å²) >= 11 is 0. The molecule has 0 aromatic heterocycles. The van der Waals surface area contributed by atoms with Crippen LogP contribution in [0.5, 0.6) is 0 Å². The maximum absolute atomic E-state index is 9.10. The number of likely N-dealkylation sites (tertiary alicyclic amines) is 2. The second kappa shape index (κ2) is 15.7. The zero-order valence-electron chi connectivity index (χ0n) is 18.5. The topological polar surface area (TPSA) is 165 Å². The number of carboxylic acid groups (broad SMARTS) is 4. The molecule has 33 heavy (non-hydrogen) atoms. The molecule has 0 amide bonds. The van der Waals surface area contributed by atoms with Crippen molar-refractivity contribution in [3.05, 3.63) is 35.9 Å². The van der Waals surface area contributed by atoms with Gasteiger partial charge in [-0.3, -0.25) is 4.90 Å². The van der Waals surface area contributed by atoms with E-state index in [0.717, 1.165) is 26.2 Å². The Morgan fingerprint density at radius 2 is 1.33 bits per heavy atom. The van der Waals surface area contributed by atoms with Gasteiger partial charge in [0.2, 0.25) is 0 Å². The summed E-state index contributed by atoms with van der Waals surface area (Å²) in [5, 5.41) is 29.6. The van der Waals surface area contributed by atoms with Crippen LogP contribution in [0.2, 0.25) is 0 Å². The summed E-state index contributed by atoms with van der Waals surface area (Å²) in [6, 6.07) is 10.8. The first-order valence-corrected chi connectivity index (χ1v) is 10.7. The van der Waals surface area contributed by atoms with Gasteiger partial charge >= 0.3 is 23.9 Å². The zero-order valence-corrected chi connectivity index (χ0v) is 18.5. The smallest absolute Gasteiger partial charge is 0.414 e. The molecule has 2 aliphatic rings. The number of rotatable bonds is 6. The maximum Gasteiger partial charge on any atom is 0.414 e. The van der Waals surface area contributed by atoms with E-state index in [1.165, 1.54) is 50.9 Å². The third kappa shape index (κ3) is 13.2. The summed E-state index contributed by atoms with van der Waals surface area (Å²) in [6.07, 6.45) is 5.78. The van der Waals surface area contributed by atoms with E-state index in [9.17, 15) is 0 Å². The van der Waals surface area contributed by atoms with Crippen molar-refractivity contribution in [1.82, 2.24) is 9.80 Å². The van der Waals surface area contributed by atoms with Crippen molar-refractivity contribution < 1.29 is 44.3 Å². The molecule has 1 atom stereocenters. The number of piperidine rings is 1. The van der Waals surface area contributed by atoms with Crippen molar-refractivity contribution in [2.24, 2.45) is 0 Å². The van der Waals surface area contributed by atoms with Gasteiger partial charge < -0.3 is 30.1 Å². The van der Waals surface area contributed by atoms with Gasteiger partial charge in [-0.05, 0) is 37.9 Å². The van der Waals surface area contributed by atoms with Gasteiger partial charge in [-0.15, -0.1) is 0 Å². The fourth-order valence-corrected chi connectivity index (χ4v) is 3.45. The minimum Gasteiger partial charge on any atom is -0.473 e. The van der Waals surface area contributed by atoms with Crippen LogP contribution in [0.25, 0.3) is 0 Å². The lowest BCUT2D eigenvalue weighted by Crippen LogP contribution is -2.34. The van der Waals surface area contributed by atoms with Crippen molar-refractivity contribution in [3.8, 4) is 0 Å². The van der Waals surface area contributed by atoms with Gasteiger partial charge in [-0.2, -0.15) is 0 Å². The molecule has 11 nitrogen and oxygen atoms in total. The zero-order chi connectivity index (χ0) is 24.6. The first-order valence-electron chi connectivity index (χ1n) is 10.7. The molecule has 2 heterocycles. The Morgan fingerprint density at radius 1 is 0.788 bits per heavy atom. The molecular formula is C22H32N2O9. The minimum atomic E-state index is -1.82. The van der Waals surface area contributed by atoms with Crippen LogP contribution in [0.4, 0.5) is 0 Å². The van der Waals surface area contributed by atoms with Crippen molar-refractivity contribution in [2.45, 2.75) is 38.3 Å². The maximum atomic E-state index is 9.10. The Bertz CT molecular complexity index is 703. The van der Waals surface area contributed by atoms with Crippen molar-refractivity contribution in [1.29, 1.82) is 0 Å². The average molecular weight is 469 g/mol. The van der Waals surface area contributed by atoms with E-state index in [4.69, 9.17) is 44.3 Å². The number of carboxylic acids is 4. The molecule has 2 saturated heterocycles. The van der Waals surface area contributed by atoms with Crippen LogP contribution in [-0.4, -0.2) is 99.5 Å². The molecular weight excluding hydrogens is 436 g/mol. The van der Waals surface area contributed by atoms with Crippen molar-refractivity contribution in [3.63, 3.8) is 0 Å². The Balaban J connectivity index is 0.000000377. The first kappa shape index (κ1) is 28.0. The molecule has 0 bridgehead atoms. The number of carbonyl (C=O) groups is 4. The van der Waals surface area contributed by atoms with E-state index in [-0.39, 0.29) is 0 Å². The number of nitrogens with zero attached hydrogens (tertiary/aromatic N) is 2. The number of benzene rings is 1. The molecule has 184 valence electrons. The van der Waals surface area contributed by atoms with Crippen LogP contribution >= 0.6 is 0 Å². The molecule has 2 fully saturated rings. The summed E-state index contributed by atoms with van der Waals surface area (Å²) in [5.74, 6) is -7.30. The number of aliphatic carboxylic acids is 4. The monoisotopic (exact) mass is 468 g/mol. The number of hydrogen-bond acceptors (Lipinski definition) is 7. The van der Waals surface area contributed by atoms with Gasteiger partial charge in [0.05, 0.1) is 12.7 Å². The summed E-state index contributed by atoms with van der Waals surface area (Å²) in [4.78, 5) is 41.5. The largest absolute Gasteiger partial charge is 0.473 e. The van der Waals surface area contributed by atoms with Crippen molar-refractivity contribution >= 4 is 23.9 Å². The molecule has 3 rings (SSSR count). The molecule has 0 saturated carbocycles. The molecule has 1 aromatic carbocycles. The summed E-state index contributed by atoms with van der Waals surface area (Å²) in [7, 11) is 0. The molecule has 1 unspecified atom stereocenters. The molecule has 4 N–H and O–H groups in total. The van der Waals surface area contributed by atoms with Crippen LogP contribution in [0.3, 0.4) is 0 Å². The normalized spacial score (nSPS) is 18.2. The summed E-state index contributed by atoms with van der Waals surface area (Å²) in [6.45, 7) is 7.90. The molecule has 1 aromatic rings. The lowest BCUT2D eigenvalue weighted by Gasteiger charge is -2.26. The van der Waals surface area contributed by atoms with Crippen molar-refractivity contribution in [2.75, 3.05) is 39.3 Å². The second-order valence-corrected chi connectivity index (χ2v) is 7.63. The predicted molar refractivity (Wildman–Crippen MR) is 117 cm³/mol. The highest BCUT2D eigenvalue weighted by atomic mass is 16.5. The lowest BCUT2D eigenvalue weighted by molar-refractivity contribution is -0.159. The second-order valence-electron chi connectivity index (χ2n) is 7.63. The van der Waals surface area contributed by atoms with Crippen LogP contribution < -0.4 is 0 Å². The molecule has 11 heteroatoms. The molecule has 0 aliphatic carbocycles. The van der Waals surface area contributed by atoms with E-state index in [2.05, 4.69) is 40.1 Å². The van der Waals surface area contributed by atoms with E-state index >= 15 is 0 Å². The van der Waals surface area contributed by atoms with E-state index in [1.54, 1.807) is 0 Å². The van der Waals surface area contributed by atoms with E-state index in [1.807, 2.05) is 0 Å². The molecule has 2 aliphatic heterocycles. The highest BCUT2D eigenvalue weighted by molar-refractivity contribution is 6.27. The van der Waals surface area contributed by atoms with Crippen LogP contribution in [0.1, 0.15) is 31.2 Å². The predicted octanol–water partition coefficient (Wildman–Crippen LogP) is 1.07. The minimum absolute atomic E-state index is 0.443. The highest BCUT2D eigenvalue weighted by Crippen LogP contribution is 2.16. The number of ether oxygens (including phenoxy) is 1. The van der Waals surface area contributed by atoms with Gasteiger partial charge in [0.1, 0.15) is 0 Å². The van der Waals surface area contributed by atoms with Crippen LogP contribution in [0, 0.1) is 0 Å². The summed E-state index contributed by atoms with van der Waals surface area (Å²) < 4.78 is 6.09. The lowest BCUT2D eigenvalue weighted by atomic mass is 10.1. The quantitative estimate of drug-likeness (QED) is 0.441. The van der Waals surface area contributed by atoms with Gasteiger partial charge in [0, 0.05) is 26.2 Å². The van der Waals surface area contributed by atoms with E-state index in [0.29, 0.717) is 6.10 Å². The molecule has 0 radical (unpaired) electrons. The fraction of sp³-hybridized carbons (Fsp3) is 0.545. The third-order valence-corrected chi connectivity index (χ3v) is 5.05. The third-order valence-electron chi connectivity index (χ3n) is 5.05. The number of hydrogen-bond donors (Lipinski definition) is 4. The Morgan fingerprint density at radius 3 is 1.85 bits per heavy atom. The summed E-state index contributed by atoms with van der Waals surface area (Å²) in [5.41, 5.74) is 1.41.